The highest BCUT2D eigenvalue weighted by atomic mass is 32.2. The molecule has 1 aromatic carbocycles. The molecule has 1 aliphatic rings. The highest BCUT2D eigenvalue weighted by Crippen LogP contribution is 2.50. The first-order chi connectivity index (χ1) is 17.8. The molecule has 2 atom stereocenters. The van der Waals surface area contributed by atoms with Gasteiger partial charge in [0.2, 0.25) is 5.88 Å². The second-order valence-corrected chi connectivity index (χ2v) is 11.2. The number of benzene rings is 1. The van der Waals surface area contributed by atoms with E-state index >= 15 is 0 Å². The van der Waals surface area contributed by atoms with Gasteiger partial charge >= 0.3 is 12.4 Å². The van der Waals surface area contributed by atoms with Crippen molar-refractivity contribution in [3.63, 3.8) is 0 Å². The third-order valence-electron chi connectivity index (χ3n) is 6.22. The Morgan fingerprint density at radius 3 is 2.29 bits per heavy atom. The smallest absolute Gasteiger partial charge is 0.430 e. The molecule has 0 saturated carbocycles. The van der Waals surface area contributed by atoms with Gasteiger partial charge in [-0.05, 0) is 29.6 Å². The van der Waals surface area contributed by atoms with Crippen LogP contribution in [0.1, 0.15) is 11.3 Å². The zero-order chi connectivity index (χ0) is 27.7. The third kappa shape index (κ3) is 5.53. The normalized spacial score (nSPS) is 18.4. The zero-order valence-electron chi connectivity index (χ0n) is 19.9. The Balaban J connectivity index is 1.65. The molecular formula is C24H23F6N3O3S2. The van der Waals surface area contributed by atoms with E-state index in [4.69, 9.17) is 4.74 Å². The highest BCUT2D eigenvalue weighted by molar-refractivity contribution is 7.85. The van der Waals surface area contributed by atoms with E-state index in [1.165, 1.54) is 18.4 Å². The van der Waals surface area contributed by atoms with Crippen molar-refractivity contribution in [3.05, 3.63) is 71.2 Å². The minimum absolute atomic E-state index is 0.292. The maximum atomic E-state index is 13.3. The van der Waals surface area contributed by atoms with Gasteiger partial charge in [-0.1, -0.05) is 24.3 Å². The fourth-order valence-corrected chi connectivity index (χ4v) is 6.56. The Kier molecular flexibility index (Phi) is 8.07. The fourth-order valence-electron chi connectivity index (χ4n) is 4.29. The number of rotatable bonds is 7. The average molecular weight is 580 g/mol. The molecule has 0 bridgehead atoms. The molecular weight excluding hydrogens is 556 g/mol. The minimum Gasteiger partial charge on any atom is -0.481 e. The zero-order valence-corrected chi connectivity index (χ0v) is 21.5. The number of hydrogen-bond acceptors (Lipinski definition) is 6. The Morgan fingerprint density at radius 2 is 1.71 bits per heavy atom. The summed E-state index contributed by atoms with van der Waals surface area (Å²) in [5.41, 5.74) is -5.33. The van der Waals surface area contributed by atoms with Crippen molar-refractivity contribution in [3.8, 4) is 5.88 Å². The van der Waals surface area contributed by atoms with Gasteiger partial charge in [0, 0.05) is 55.1 Å². The summed E-state index contributed by atoms with van der Waals surface area (Å²) >= 11 is 1.35. The van der Waals surface area contributed by atoms with Crippen molar-refractivity contribution >= 4 is 28.0 Å². The summed E-state index contributed by atoms with van der Waals surface area (Å²) in [5.74, 6) is 0.381. The van der Waals surface area contributed by atoms with E-state index in [1.807, 2.05) is 10.3 Å². The number of halogens is 6. The molecule has 38 heavy (non-hydrogen) atoms. The summed E-state index contributed by atoms with van der Waals surface area (Å²) in [6.45, 7) is 0.928. The minimum atomic E-state index is -5.97. The van der Waals surface area contributed by atoms with Crippen LogP contribution in [0.25, 0.3) is 0 Å². The van der Waals surface area contributed by atoms with Crippen LogP contribution in [0.4, 0.5) is 32.0 Å². The second-order valence-electron chi connectivity index (χ2n) is 8.54. The van der Waals surface area contributed by atoms with Gasteiger partial charge in [-0.15, -0.1) is 11.3 Å². The molecule has 206 valence electrons. The van der Waals surface area contributed by atoms with Crippen LogP contribution in [-0.4, -0.2) is 63.7 Å². The molecule has 3 heterocycles. The second kappa shape index (κ2) is 10.8. The van der Waals surface area contributed by atoms with E-state index < -0.39 is 34.5 Å². The Morgan fingerprint density at radius 1 is 1.03 bits per heavy atom. The molecule has 0 aliphatic carbocycles. The van der Waals surface area contributed by atoms with Crippen molar-refractivity contribution in [2.75, 3.05) is 31.6 Å². The fraction of sp³-hybridized carbons (Fsp3) is 0.375. The van der Waals surface area contributed by atoms with Crippen molar-refractivity contribution in [2.45, 2.75) is 34.6 Å². The van der Waals surface area contributed by atoms with Crippen LogP contribution in [0.3, 0.4) is 0 Å². The van der Waals surface area contributed by atoms with E-state index in [1.54, 1.807) is 34.6 Å². The van der Waals surface area contributed by atoms with E-state index in [0.29, 0.717) is 59.7 Å². The molecule has 4 rings (SSSR count). The Labute approximate surface area is 221 Å². The van der Waals surface area contributed by atoms with Crippen molar-refractivity contribution in [2.24, 2.45) is 0 Å². The molecule has 0 radical (unpaired) electrons. The van der Waals surface area contributed by atoms with Crippen LogP contribution in [0.2, 0.25) is 0 Å². The van der Waals surface area contributed by atoms with Crippen LogP contribution in [0.5, 0.6) is 5.88 Å². The molecule has 1 aliphatic heterocycles. The topological polar surface area (TPSA) is 65.9 Å². The van der Waals surface area contributed by atoms with E-state index in [2.05, 4.69) is 4.98 Å². The number of hydrogen-bond donors (Lipinski definition) is 1. The predicted octanol–water partition coefficient (Wildman–Crippen LogP) is 4.92. The first kappa shape index (κ1) is 28.3. The van der Waals surface area contributed by atoms with Gasteiger partial charge in [0.15, 0.2) is 0 Å². The van der Waals surface area contributed by atoms with Gasteiger partial charge in [0.05, 0.1) is 7.11 Å². The third-order valence-corrected chi connectivity index (χ3v) is 8.88. The standard InChI is InChI=1S/C24H23F6N3O3S2/c1-36-20-5-2-4-17(31-20)14-19-15-32(38(35)21-6-3-13-37-21)11-12-33(19)18-9-7-16(8-10-18)22(34,23(25,26)27)24(28,29)30/h2-10,13,19,34H,11-12,14-15H2,1H3. The highest BCUT2D eigenvalue weighted by Gasteiger charge is 2.71. The summed E-state index contributed by atoms with van der Waals surface area (Å²) < 4.78 is 101. The maximum Gasteiger partial charge on any atom is 0.430 e. The number of methoxy groups -OCH3 is 1. The number of ether oxygens (including phenoxy) is 1. The van der Waals surface area contributed by atoms with Crippen LogP contribution in [0.15, 0.2) is 64.2 Å². The van der Waals surface area contributed by atoms with E-state index in [9.17, 15) is 35.7 Å². The maximum absolute atomic E-state index is 13.3. The summed E-state index contributed by atoms with van der Waals surface area (Å²) in [5, 5.41) is 11.5. The van der Waals surface area contributed by atoms with Crippen LogP contribution in [0, 0.1) is 0 Å². The number of pyridine rings is 1. The van der Waals surface area contributed by atoms with Gasteiger partial charge in [-0.3, -0.25) is 0 Å². The summed E-state index contributed by atoms with van der Waals surface area (Å²) in [4.78, 5) is 6.24. The number of nitrogens with zero attached hydrogens (tertiary/aromatic N) is 3. The quantitative estimate of drug-likeness (QED) is 0.403. The predicted molar refractivity (Wildman–Crippen MR) is 130 cm³/mol. The van der Waals surface area contributed by atoms with E-state index in [0.717, 1.165) is 12.1 Å². The van der Waals surface area contributed by atoms with Gasteiger partial charge in [0.25, 0.3) is 5.60 Å². The molecule has 1 fully saturated rings. The lowest BCUT2D eigenvalue weighted by molar-refractivity contribution is -0.376. The lowest BCUT2D eigenvalue weighted by Gasteiger charge is -2.42. The summed E-state index contributed by atoms with van der Waals surface area (Å²) in [6, 6.07) is 11.9. The number of piperazine rings is 1. The molecule has 14 heteroatoms. The number of thiophene rings is 1. The number of alkyl halides is 6. The van der Waals surface area contributed by atoms with E-state index in [-0.39, 0.29) is 6.04 Å². The van der Waals surface area contributed by atoms with Crippen molar-refractivity contribution < 1.29 is 40.4 Å². The number of aliphatic hydroxyl groups is 1. The Bertz CT molecular complexity index is 1240. The molecule has 1 N–H and O–H groups in total. The molecule has 0 spiro atoms. The lowest BCUT2D eigenvalue weighted by Crippen LogP contribution is -2.55. The van der Waals surface area contributed by atoms with Crippen LogP contribution in [-0.2, 0) is 23.0 Å². The van der Waals surface area contributed by atoms with Gasteiger partial charge < -0.3 is 14.7 Å². The number of aromatic nitrogens is 1. The molecule has 0 amide bonds. The van der Waals surface area contributed by atoms with Crippen molar-refractivity contribution in [1.29, 1.82) is 0 Å². The molecule has 1 saturated heterocycles. The van der Waals surface area contributed by atoms with Gasteiger partial charge in [-0.25, -0.2) is 13.5 Å². The van der Waals surface area contributed by atoms with Crippen LogP contribution >= 0.6 is 11.3 Å². The number of anilines is 1. The average Bonchev–Trinajstić information content (AvgIpc) is 3.42. The summed E-state index contributed by atoms with van der Waals surface area (Å²) in [6.07, 6.45) is -11.6. The van der Waals surface area contributed by atoms with Crippen molar-refractivity contribution in [1.82, 2.24) is 9.29 Å². The Hall–Kier alpha value is -2.68. The first-order valence-corrected chi connectivity index (χ1v) is 13.3. The van der Waals surface area contributed by atoms with Gasteiger partial charge in [0.1, 0.15) is 15.2 Å². The van der Waals surface area contributed by atoms with Crippen LogP contribution < -0.4 is 9.64 Å². The molecule has 3 aromatic rings. The van der Waals surface area contributed by atoms with Gasteiger partial charge in [-0.2, -0.15) is 26.3 Å². The largest absolute Gasteiger partial charge is 0.481 e. The monoisotopic (exact) mass is 579 g/mol. The summed E-state index contributed by atoms with van der Waals surface area (Å²) in [7, 11) is 0.0346. The lowest BCUT2D eigenvalue weighted by atomic mass is 9.92. The molecule has 2 aromatic heterocycles. The first-order valence-electron chi connectivity index (χ1n) is 11.3. The molecule has 2 unspecified atom stereocenters. The SMILES string of the molecule is COc1cccc(CC2CN(S(=O)c3cccs3)CCN2c2ccc(C(O)(C(F)(F)F)C(F)(F)F)cc2)n1. The molecule has 6 nitrogen and oxygen atoms in total.